The van der Waals surface area contributed by atoms with Crippen LogP contribution >= 0.6 is 15.9 Å². The molecule has 0 saturated carbocycles. The molecule has 0 bridgehead atoms. The molecule has 1 amide bonds. The van der Waals surface area contributed by atoms with E-state index in [0.29, 0.717) is 11.3 Å². The topological polar surface area (TPSA) is 55.4 Å². The lowest BCUT2D eigenvalue weighted by atomic mass is 10.1. The van der Waals surface area contributed by atoms with Crippen LogP contribution in [0.5, 0.6) is 5.75 Å². The Balaban J connectivity index is 1.91. The van der Waals surface area contributed by atoms with Crippen molar-refractivity contribution in [2.45, 2.75) is 19.9 Å². The average molecular weight is 376 g/mol. The zero-order valence-corrected chi connectivity index (χ0v) is 14.6. The van der Waals surface area contributed by atoms with Crippen LogP contribution in [-0.4, -0.2) is 18.3 Å². The van der Waals surface area contributed by atoms with Crippen LogP contribution in [0.3, 0.4) is 0 Å². The van der Waals surface area contributed by atoms with Crippen molar-refractivity contribution in [3.05, 3.63) is 64.1 Å². The Morgan fingerprint density at radius 1 is 1.17 bits per heavy atom. The number of benzene rings is 2. The molecule has 1 atom stereocenters. The molecule has 0 aromatic heterocycles. The minimum Gasteiger partial charge on any atom is -0.484 e. The minimum atomic E-state index is -0.221. The van der Waals surface area contributed by atoms with E-state index >= 15 is 0 Å². The van der Waals surface area contributed by atoms with Crippen LogP contribution in [0.4, 0.5) is 0 Å². The lowest BCUT2D eigenvalue weighted by Crippen LogP contribution is -2.31. The molecule has 0 aliphatic heterocycles. The maximum Gasteiger partial charge on any atom is 0.258 e. The predicted octanol–water partition coefficient (Wildman–Crippen LogP) is 3.91. The molecular weight excluding hydrogens is 358 g/mol. The monoisotopic (exact) mass is 375 g/mol. The largest absolute Gasteiger partial charge is 0.484 e. The number of hydrogen-bond acceptors (Lipinski definition) is 3. The van der Waals surface area contributed by atoms with Crippen molar-refractivity contribution >= 4 is 27.6 Å². The fraction of sp³-hybridized carbons (Fsp3) is 0.222. The molecule has 0 saturated heterocycles. The first-order valence-corrected chi connectivity index (χ1v) is 8.04. The van der Waals surface area contributed by atoms with Crippen molar-refractivity contribution in [1.82, 2.24) is 5.32 Å². The third kappa shape index (κ3) is 4.93. The SMILES string of the molecule is CC(=O)c1cccc(OCC(=O)NC(C)c2ccccc2Br)c1. The van der Waals surface area contributed by atoms with Crippen LogP contribution in [-0.2, 0) is 4.79 Å². The maximum absolute atomic E-state index is 12.0. The van der Waals surface area contributed by atoms with Crippen LogP contribution in [0.1, 0.15) is 35.8 Å². The number of carbonyl (C=O) groups excluding carboxylic acids is 2. The first-order chi connectivity index (χ1) is 11.0. The number of hydrogen-bond donors (Lipinski definition) is 1. The van der Waals surface area contributed by atoms with Crippen molar-refractivity contribution in [3.63, 3.8) is 0 Å². The lowest BCUT2D eigenvalue weighted by Gasteiger charge is -2.16. The van der Waals surface area contributed by atoms with E-state index in [1.807, 2.05) is 31.2 Å². The Morgan fingerprint density at radius 2 is 1.91 bits per heavy atom. The van der Waals surface area contributed by atoms with Crippen LogP contribution < -0.4 is 10.1 Å². The number of Topliss-reactive ketones (excluding diaryl/α,β-unsaturated/α-hetero) is 1. The molecular formula is C18H18BrNO3. The fourth-order valence-corrected chi connectivity index (χ4v) is 2.77. The Hall–Kier alpha value is -2.14. The molecule has 1 unspecified atom stereocenters. The summed E-state index contributed by atoms with van der Waals surface area (Å²) in [5.74, 6) is 0.241. The van der Waals surface area contributed by atoms with Gasteiger partial charge in [-0.15, -0.1) is 0 Å². The summed E-state index contributed by atoms with van der Waals surface area (Å²) in [6.45, 7) is 3.30. The average Bonchev–Trinajstić information content (AvgIpc) is 2.53. The second-order valence-corrected chi connectivity index (χ2v) is 6.04. The Morgan fingerprint density at radius 3 is 2.61 bits per heavy atom. The van der Waals surface area contributed by atoms with Gasteiger partial charge in [-0.05, 0) is 37.6 Å². The molecule has 23 heavy (non-hydrogen) atoms. The Bertz CT molecular complexity index is 715. The summed E-state index contributed by atoms with van der Waals surface area (Å²) in [6.07, 6.45) is 0. The summed E-state index contributed by atoms with van der Waals surface area (Å²) in [6, 6.07) is 14.4. The van der Waals surface area contributed by atoms with Gasteiger partial charge in [0.1, 0.15) is 5.75 Å². The highest BCUT2D eigenvalue weighted by Gasteiger charge is 2.12. The highest BCUT2D eigenvalue weighted by molar-refractivity contribution is 9.10. The van der Waals surface area contributed by atoms with Gasteiger partial charge < -0.3 is 10.1 Å². The Labute approximate surface area is 144 Å². The molecule has 4 nitrogen and oxygen atoms in total. The zero-order chi connectivity index (χ0) is 16.8. The van der Waals surface area contributed by atoms with Crippen molar-refractivity contribution in [3.8, 4) is 5.75 Å². The lowest BCUT2D eigenvalue weighted by molar-refractivity contribution is -0.123. The van der Waals surface area contributed by atoms with Crippen LogP contribution in [0.15, 0.2) is 53.0 Å². The molecule has 2 rings (SSSR count). The normalized spacial score (nSPS) is 11.6. The highest BCUT2D eigenvalue weighted by Crippen LogP contribution is 2.22. The van der Waals surface area contributed by atoms with Crippen molar-refractivity contribution in [2.75, 3.05) is 6.61 Å². The molecule has 0 aliphatic carbocycles. The second kappa shape index (κ2) is 7.92. The van der Waals surface area contributed by atoms with Gasteiger partial charge in [0, 0.05) is 10.0 Å². The van der Waals surface area contributed by atoms with E-state index in [1.54, 1.807) is 24.3 Å². The van der Waals surface area contributed by atoms with Crippen LogP contribution in [0.25, 0.3) is 0 Å². The summed E-state index contributed by atoms with van der Waals surface area (Å²) in [5, 5.41) is 2.88. The first kappa shape index (κ1) is 17.2. The smallest absolute Gasteiger partial charge is 0.258 e. The molecule has 0 aliphatic rings. The van der Waals surface area contributed by atoms with Gasteiger partial charge in [-0.2, -0.15) is 0 Å². The molecule has 5 heteroatoms. The summed E-state index contributed by atoms with van der Waals surface area (Å²) in [4.78, 5) is 23.3. The number of amides is 1. The van der Waals surface area contributed by atoms with Crippen molar-refractivity contribution in [2.24, 2.45) is 0 Å². The number of ether oxygens (including phenoxy) is 1. The molecule has 120 valence electrons. The number of rotatable bonds is 6. The van der Waals surface area contributed by atoms with Gasteiger partial charge in [-0.1, -0.05) is 46.3 Å². The first-order valence-electron chi connectivity index (χ1n) is 7.25. The number of carbonyl (C=O) groups is 2. The van der Waals surface area contributed by atoms with Gasteiger partial charge in [0.05, 0.1) is 6.04 Å². The number of nitrogens with one attached hydrogen (secondary N) is 1. The molecule has 2 aromatic carbocycles. The van der Waals surface area contributed by atoms with Gasteiger partial charge in [0.25, 0.3) is 5.91 Å². The summed E-state index contributed by atoms with van der Waals surface area (Å²) < 4.78 is 6.40. The third-order valence-corrected chi connectivity index (χ3v) is 4.08. The standard InChI is InChI=1S/C18H18BrNO3/c1-12(16-8-3-4-9-17(16)19)20-18(22)11-23-15-7-5-6-14(10-15)13(2)21/h3-10,12H,11H2,1-2H3,(H,20,22). The van der Waals surface area contributed by atoms with Gasteiger partial charge in [-0.3, -0.25) is 9.59 Å². The van der Waals surface area contributed by atoms with E-state index in [9.17, 15) is 9.59 Å². The molecule has 0 heterocycles. The molecule has 1 N–H and O–H groups in total. The van der Waals surface area contributed by atoms with Gasteiger partial charge in [0.2, 0.25) is 0 Å². The van der Waals surface area contributed by atoms with E-state index in [2.05, 4.69) is 21.2 Å². The molecule has 0 spiro atoms. The van der Waals surface area contributed by atoms with Crippen LogP contribution in [0, 0.1) is 0 Å². The van der Waals surface area contributed by atoms with E-state index in [4.69, 9.17) is 4.74 Å². The maximum atomic E-state index is 12.0. The third-order valence-electron chi connectivity index (χ3n) is 3.36. The van der Waals surface area contributed by atoms with Gasteiger partial charge in [0.15, 0.2) is 12.4 Å². The van der Waals surface area contributed by atoms with Gasteiger partial charge >= 0.3 is 0 Å². The summed E-state index contributed by atoms with van der Waals surface area (Å²) in [5.41, 5.74) is 1.56. The number of ketones is 1. The molecule has 0 fully saturated rings. The van der Waals surface area contributed by atoms with Crippen molar-refractivity contribution in [1.29, 1.82) is 0 Å². The zero-order valence-electron chi connectivity index (χ0n) is 13.0. The van der Waals surface area contributed by atoms with E-state index < -0.39 is 0 Å². The molecule has 0 radical (unpaired) electrons. The fourth-order valence-electron chi connectivity index (χ4n) is 2.14. The predicted molar refractivity (Wildman–Crippen MR) is 92.6 cm³/mol. The highest BCUT2D eigenvalue weighted by atomic mass is 79.9. The quantitative estimate of drug-likeness (QED) is 0.778. The minimum absolute atomic E-state index is 0.0394. The summed E-state index contributed by atoms with van der Waals surface area (Å²) >= 11 is 3.47. The Kier molecular flexibility index (Phi) is 5.93. The van der Waals surface area contributed by atoms with Crippen LogP contribution in [0.2, 0.25) is 0 Å². The van der Waals surface area contributed by atoms with E-state index in [-0.39, 0.29) is 24.3 Å². The van der Waals surface area contributed by atoms with Gasteiger partial charge in [-0.25, -0.2) is 0 Å². The van der Waals surface area contributed by atoms with E-state index in [0.717, 1.165) is 10.0 Å². The number of halogens is 1. The molecule has 2 aromatic rings. The van der Waals surface area contributed by atoms with E-state index in [1.165, 1.54) is 6.92 Å². The summed E-state index contributed by atoms with van der Waals surface area (Å²) in [7, 11) is 0. The second-order valence-electron chi connectivity index (χ2n) is 5.18. The van der Waals surface area contributed by atoms with Crippen molar-refractivity contribution < 1.29 is 14.3 Å².